The highest BCUT2D eigenvalue weighted by Crippen LogP contribution is 2.23. The first-order valence-electron chi connectivity index (χ1n) is 5.85. The molecule has 0 aliphatic carbocycles. The van der Waals surface area contributed by atoms with Gasteiger partial charge in [0.25, 0.3) is 0 Å². The zero-order valence-electron chi connectivity index (χ0n) is 10.6. The molecule has 0 unspecified atom stereocenters. The Kier molecular flexibility index (Phi) is 5.95. The summed E-state index contributed by atoms with van der Waals surface area (Å²) in [5, 5.41) is 16.9. The number of phenols is 1. The van der Waals surface area contributed by atoms with Crippen LogP contribution >= 0.6 is 0 Å². The summed E-state index contributed by atoms with van der Waals surface area (Å²) >= 11 is 0. The summed E-state index contributed by atoms with van der Waals surface area (Å²) in [6.45, 7) is 1.60. The molecule has 4 heteroatoms. The summed E-state index contributed by atoms with van der Waals surface area (Å²) in [7, 11) is 0. The van der Waals surface area contributed by atoms with Crippen molar-refractivity contribution in [2.75, 3.05) is 0 Å². The summed E-state index contributed by atoms with van der Waals surface area (Å²) in [6.07, 6.45) is 0.222. The molecule has 2 N–H and O–H groups in total. The lowest BCUT2D eigenvalue weighted by Gasteiger charge is -2.04. The SMILES string of the molecule is CCC(=O)O.Oc1cccc(Oc2ccccc2)c1. The fourth-order valence-electron chi connectivity index (χ4n) is 1.17. The summed E-state index contributed by atoms with van der Waals surface area (Å²) in [5.74, 6) is 0.859. The minimum absolute atomic E-state index is 0.207. The van der Waals surface area contributed by atoms with Gasteiger partial charge in [0.2, 0.25) is 0 Å². The van der Waals surface area contributed by atoms with E-state index in [4.69, 9.17) is 9.84 Å². The maximum absolute atomic E-state index is 9.37. The lowest BCUT2D eigenvalue weighted by atomic mass is 10.3. The van der Waals surface area contributed by atoms with E-state index in [-0.39, 0.29) is 12.2 Å². The second-order valence-corrected chi connectivity index (χ2v) is 3.66. The van der Waals surface area contributed by atoms with Gasteiger partial charge in [0.15, 0.2) is 0 Å². The van der Waals surface area contributed by atoms with Crippen LogP contribution in [0.5, 0.6) is 17.2 Å². The molecular weight excluding hydrogens is 244 g/mol. The van der Waals surface area contributed by atoms with Crippen LogP contribution in [-0.4, -0.2) is 16.2 Å². The highest BCUT2D eigenvalue weighted by Gasteiger charge is 1.96. The third kappa shape index (κ3) is 6.12. The molecule has 4 nitrogen and oxygen atoms in total. The molecule has 0 aromatic heterocycles. The van der Waals surface area contributed by atoms with Crippen molar-refractivity contribution < 1.29 is 19.7 Å². The third-order valence-corrected chi connectivity index (χ3v) is 2.10. The predicted octanol–water partition coefficient (Wildman–Crippen LogP) is 3.67. The second kappa shape index (κ2) is 7.76. The first-order valence-corrected chi connectivity index (χ1v) is 5.85. The number of phenolic OH excluding ortho intramolecular Hbond substituents is 1. The zero-order valence-corrected chi connectivity index (χ0v) is 10.6. The molecule has 19 heavy (non-hydrogen) atoms. The second-order valence-electron chi connectivity index (χ2n) is 3.66. The molecule has 2 rings (SSSR count). The fraction of sp³-hybridized carbons (Fsp3) is 0.133. The van der Waals surface area contributed by atoms with Crippen LogP contribution in [0.3, 0.4) is 0 Å². The van der Waals surface area contributed by atoms with Crippen LogP contribution in [0, 0.1) is 0 Å². The summed E-state index contributed by atoms with van der Waals surface area (Å²) in [6, 6.07) is 16.2. The Balaban J connectivity index is 0.000000312. The number of para-hydroxylation sites is 1. The molecule has 0 bridgehead atoms. The number of hydrogen-bond donors (Lipinski definition) is 2. The molecule has 2 aromatic carbocycles. The highest BCUT2D eigenvalue weighted by atomic mass is 16.5. The number of aromatic hydroxyl groups is 1. The molecule has 0 aliphatic heterocycles. The molecule has 0 atom stereocenters. The standard InChI is InChI=1S/C12H10O2.C3H6O2/c13-10-5-4-8-12(9-10)14-11-6-2-1-3-7-11;1-2-3(4)5/h1-9,13H;2H2,1H3,(H,4,5). The van der Waals surface area contributed by atoms with E-state index in [0.29, 0.717) is 5.75 Å². The summed E-state index contributed by atoms with van der Waals surface area (Å²) < 4.78 is 5.50. The van der Waals surface area contributed by atoms with Crippen LogP contribution in [0.2, 0.25) is 0 Å². The number of carboxylic acid groups (broad SMARTS) is 1. The topological polar surface area (TPSA) is 66.8 Å². The van der Waals surface area contributed by atoms with Gasteiger partial charge in [-0.25, -0.2) is 0 Å². The molecule has 0 saturated heterocycles. The van der Waals surface area contributed by atoms with Crippen LogP contribution in [0.4, 0.5) is 0 Å². The molecular formula is C15H16O4. The van der Waals surface area contributed by atoms with Gasteiger partial charge in [-0.1, -0.05) is 31.2 Å². The van der Waals surface area contributed by atoms with Gasteiger partial charge in [0.05, 0.1) is 0 Å². The zero-order chi connectivity index (χ0) is 14.1. The van der Waals surface area contributed by atoms with E-state index >= 15 is 0 Å². The Hall–Kier alpha value is -2.49. The van der Waals surface area contributed by atoms with E-state index in [1.165, 1.54) is 0 Å². The number of ether oxygens (including phenoxy) is 1. The maximum Gasteiger partial charge on any atom is 0.303 e. The van der Waals surface area contributed by atoms with Crippen LogP contribution in [0.1, 0.15) is 13.3 Å². The average molecular weight is 260 g/mol. The molecule has 0 saturated carbocycles. The van der Waals surface area contributed by atoms with Crippen LogP contribution in [0.15, 0.2) is 54.6 Å². The number of carbonyl (C=O) groups is 1. The van der Waals surface area contributed by atoms with Crippen molar-refractivity contribution in [2.45, 2.75) is 13.3 Å². The first-order chi connectivity index (χ1) is 9.11. The maximum atomic E-state index is 9.37. The van der Waals surface area contributed by atoms with Crippen molar-refractivity contribution >= 4 is 5.97 Å². The van der Waals surface area contributed by atoms with E-state index < -0.39 is 5.97 Å². The molecule has 0 fully saturated rings. The van der Waals surface area contributed by atoms with Crippen LogP contribution in [-0.2, 0) is 4.79 Å². The minimum Gasteiger partial charge on any atom is -0.508 e. The quantitative estimate of drug-likeness (QED) is 0.883. The van der Waals surface area contributed by atoms with Crippen molar-refractivity contribution in [3.8, 4) is 17.2 Å². The Morgan fingerprint density at radius 1 is 1.05 bits per heavy atom. The Bertz CT molecular complexity index is 509. The van der Waals surface area contributed by atoms with Crippen molar-refractivity contribution in [1.82, 2.24) is 0 Å². The van der Waals surface area contributed by atoms with E-state index in [2.05, 4.69) is 0 Å². The molecule has 0 radical (unpaired) electrons. The van der Waals surface area contributed by atoms with Crippen LogP contribution < -0.4 is 4.74 Å². The Morgan fingerprint density at radius 2 is 1.63 bits per heavy atom. The van der Waals surface area contributed by atoms with Gasteiger partial charge in [0.1, 0.15) is 17.2 Å². The minimum atomic E-state index is -0.745. The Morgan fingerprint density at radius 3 is 2.16 bits per heavy atom. The Labute approximate surface area is 111 Å². The number of hydrogen-bond acceptors (Lipinski definition) is 3. The molecule has 0 amide bonds. The first kappa shape index (κ1) is 14.6. The lowest BCUT2D eigenvalue weighted by Crippen LogP contribution is -1.86. The molecule has 100 valence electrons. The number of aliphatic carboxylic acids is 1. The van der Waals surface area contributed by atoms with Crippen molar-refractivity contribution in [1.29, 1.82) is 0 Å². The van der Waals surface area contributed by atoms with Gasteiger partial charge >= 0.3 is 5.97 Å². The van der Waals surface area contributed by atoms with Crippen molar-refractivity contribution in [3.63, 3.8) is 0 Å². The van der Waals surface area contributed by atoms with Gasteiger partial charge in [-0.3, -0.25) is 4.79 Å². The predicted molar refractivity (Wildman–Crippen MR) is 72.5 cm³/mol. The van der Waals surface area contributed by atoms with Crippen molar-refractivity contribution in [2.24, 2.45) is 0 Å². The van der Waals surface area contributed by atoms with Crippen molar-refractivity contribution in [3.05, 3.63) is 54.6 Å². The summed E-state index contributed by atoms with van der Waals surface area (Å²) in [4.78, 5) is 9.37. The van der Waals surface area contributed by atoms with E-state index in [1.54, 1.807) is 31.2 Å². The van der Waals surface area contributed by atoms with Crippen LogP contribution in [0.25, 0.3) is 0 Å². The van der Waals surface area contributed by atoms with Gasteiger partial charge in [-0.15, -0.1) is 0 Å². The largest absolute Gasteiger partial charge is 0.508 e. The van der Waals surface area contributed by atoms with E-state index in [9.17, 15) is 9.90 Å². The van der Waals surface area contributed by atoms with Gasteiger partial charge in [0, 0.05) is 12.5 Å². The summed E-state index contributed by atoms with van der Waals surface area (Å²) in [5.41, 5.74) is 0. The smallest absolute Gasteiger partial charge is 0.303 e. The molecule has 0 aliphatic rings. The highest BCUT2D eigenvalue weighted by molar-refractivity contribution is 5.66. The average Bonchev–Trinajstić information content (AvgIpc) is 2.40. The van der Waals surface area contributed by atoms with E-state index in [1.807, 2.05) is 30.3 Å². The molecule has 2 aromatic rings. The molecule has 0 spiro atoms. The fourth-order valence-corrected chi connectivity index (χ4v) is 1.17. The van der Waals surface area contributed by atoms with Gasteiger partial charge < -0.3 is 14.9 Å². The van der Waals surface area contributed by atoms with Gasteiger partial charge in [-0.05, 0) is 24.3 Å². The molecule has 0 heterocycles. The number of carboxylic acids is 1. The normalized spacial score (nSPS) is 9.11. The number of benzene rings is 2. The monoisotopic (exact) mass is 260 g/mol. The number of rotatable bonds is 3. The van der Waals surface area contributed by atoms with E-state index in [0.717, 1.165) is 5.75 Å². The lowest BCUT2D eigenvalue weighted by molar-refractivity contribution is -0.136. The van der Waals surface area contributed by atoms with Gasteiger partial charge in [-0.2, -0.15) is 0 Å². The third-order valence-electron chi connectivity index (χ3n) is 2.10.